The summed E-state index contributed by atoms with van der Waals surface area (Å²) in [5, 5.41) is 15.3. The monoisotopic (exact) mass is 264 g/mol. The van der Waals surface area contributed by atoms with Gasteiger partial charge in [-0.25, -0.2) is 4.98 Å². The van der Waals surface area contributed by atoms with Crippen molar-refractivity contribution >= 4 is 22.9 Å². The van der Waals surface area contributed by atoms with Gasteiger partial charge >= 0.3 is 0 Å². The number of hydrogen-bond acceptors (Lipinski definition) is 6. The van der Waals surface area contributed by atoms with E-state index in [2.05, 4.69) is 37.5 Å². The van der Waals surface area contributed by atoms with Gasteiger partial charge in [-0.3, -0.25) is 0 Å². The minimum Gasteiger partial charge on any atom is -0.396 e. The Morgan fingerprint density at radius 1 is 1.37 bits per heavy atom. The molecule has 2 aromatic heterocycles. The first-order chi connectivity index (χ1) is 9.24. The summed E-state index contributed by atoms with van der Waals surface area (Å²) >= 11 is 0. The molecule has 0 aliphatic rings. The molecule has 2 heterocycles. The van der Waals surface area contributed by atoms with Crippen molar-refractivity contribution in [2.45, 2.75) is 20.3 Å². The number of nitrogens with one attached hydrogen (secondary N) is 3. The second kappa shape index (κ2) is 6.33. The van der Waals surface area contributed by atoms with Crippen LogP contribution in [0.2, 0.25) is 0 Å². The lowest BCUT2D eigenvalue weighted by atomic mass is 10.1. The number of rotatable bonds is 7. The molecule has 2 aromatic rings. The molecule has 0 saturated carbocycles. The third-order valence-electron chi connectivity index (χ3n) is 2.86. The van der Waals surface area contributed by atoms with Crippen molar-refractivity contribution in [1.29, 1.82) is 0 Å². The van der Waals surface area contributed by atoms with Gasteiger partial charge in [-0.05, 0) is 19.3 Å². The summed E-state index contributed by atoms with van der Waals surface area (Å²) in [6.45, 7) is 5.79. The molecule has 7 nitrogen and oxygen atoms in total. The molecule has 0 aliphatic heterocycles. The van der Waals surface area contributed by atoms with Gasteiger partial charge in [-0.2, -0.15) is 9.97 Å². The fourth-order valence-electron chi connectivity index (χ4n) is 1.79. The molecule has 0 aromatic carbocycles. The number of imidazole rings is 1. The van der Waals surface area contributed by atoms with Gasteiger partial charge in [0.1, 0.15) is 5.52 Å². The first-order valence-electron chi connectivity index (χ1n) is 6.54. The van der Waals surface area contributed by atoms with Gasteiger partial charge in [0, 0.05) is 19.7 Å². The van der Waals surface area contributed by atoms with E-state index in [0.29, 0.717) is 17.5 Å². The van der Waals surface area contributed by atoms with Gasteiger partial charge < -0.3 is 20.7 Å². The summed E-state index contributed by atoms with van der Waals surface area (Å²) in [6.07, 6.45) is 2.38. The lowest BCUT2D eigenvalue weighted by molar-refractivity contribution is 0.266. The maximum atomic E-state index is 8.91. The largest absolute Gasteiger partial charge is 0.396 e. The number of anilines is 2. The van der Waals surface area contributed by atoms with Crippen LogP contribution in [0.3, 0.4) is 0 Å². The van der Waals surface area contributed by atoms with Gasteiger partial charge in [-0.1, -0.05) is 6.92 Å². The van der Waals surface area contributed by atoms with E-state index >= 15 is 0 Å². The highest BCUT2D eigenvalue weighted by molar-refractivity contribution is 5.83. The van der Waals surface area contributed by atoms with E-state index in [1.165, 1.54) is 0 Å². The van der Waals surface area contributed by atoms with Crippen LogP contribution in [0.4, 0.5) is 11.8 Å². The first kappa shape index (κ1) is 13.5. The molecule has 1 unspecified atom stereocenters. The van der Waals surface area contributed by atoms with Crippen LogP contribution in [0, 0.1) is 5.92 Å². The third kappa shape index (κ3) is 3.31. The van der Waals surface area contributed by atoms with Gasteiger partial charge in [0.05, 0.1) is 6.33 Å². The number of hydrogen-bond donors (Lipinski definition) is 4. The van der Waals surface area contributed by atoms with Crippen molar-refractivity contribution in [2.75, 3.05) is 30.3 Å². The molecule has 19 heavy (non-hydrogen) atoms. The number of H-pyrrole nitrogens is 1. The fourth-order valence-corrected chi connectivity index (χ4v) is 1.79. The van der Waals surface area contributed by atoms with Crippen LogP contribution < -0.4 is 10.6 Å². The van der Waals surface area contributed by atoms with Crippen LogP contribution in [0.15, 0.2) is 6.33 Å². The second-order valence-corrected chi connectivity index (χ2v) is 4.53. The van der Waals surface area contributed by atoms with Crippen LogP contribution in [-0.2, 0) is 0 Å². The van der Waals surface area contributed by atoms with Gasteiger partial charge in [0.15, 0.2) is 11.5 Å². The summed E-state index contributed by atoms with van der Waals surface area (Å²) in [5.41, 5.74) is 1.45. The SMILES string of the molecule is CCNc1nc(NCC(C)CCO)c2[nH]cnc2n1. The molecule has 104 valence electrons. The molecule has 7 heteroatoms. The third-order valence-corrected chi connectivity index (χ3v) is 2.86. The zero-order valence-electron chi connectivity index (χ0n) is 11.3. The standard InChI is InChI=1S/C12H20N6O/c1-3-13-12-17-10(14-6-8(2)4-5-19)9-11(18-12)16-7-15-9/h7-8,19H,3-6H2,1-2H3,(H3,13,14,15,16,17,18). The molecule has 1 atom stereocenters. The Morgan fingerprint density at radius 3 is 2.95 bits per heavy atom. The normalized spacial score (nSPS) is 12.6. The summed E-state index contributed by atoms with van der Waals surface area (Å²) in [5.74, 6) is 1.68. The summed E-state index contributed by atoms with van der Waals surface area (Å²) in [6, 6.07) is 0. The van der Waals surface area contributed by atoms with Crippen LogP contribution in [0.5, 0.6) is 0 Å². The molecule has 0 saturated heterocycles. The average molecular weight is 264 g/mol. The average Bonchev–Trinajstić information content (AvgIpc) is 2.85. The Balaban J connectivity index is 2.17. The smallest absolute Gasteiger partial charge is 0.226 e. The zero-order chi connectivity index (χ0) is 13.7. The quantitative estimate of drug-likeness (QED) is 0.600. The molecule has 0 amide bonds. The van der Waals surface area contributed by atoms with Crippen LogP contribution >= 0.6 is 0 Å². The van der Waals surface area contributed by atoms with Crippen molar-refractivity contribution in [3.63, 3.8) is 0 Å². The Bertz CT molecular complexity index is 526. The van der Waals surface area contributed by atoms with Crippen LogP contribution in [-0.4, -0.2) is 44.7 Å². The minimum atomic E-state index is 0.203. The zero-order valence-corrected chi connectivity index (χ0v) is 11.3. The Labute approximate surface area is 111 Å². The molecule has 0 spiro atoms. The molecular formula is C12H20N6O. The lowest BCUT2D eigenvalue weighted by Crippen LogP contribution is -2.14. The lowest BCUT2D eigenvalue weighted by Gasteiger charge is -2.12. The van der Waals surface area contributed by atoms with E-state index in [4.69, 9.17) is 5.11 Å². The number of fused-ring (bicyclic) bond motifs is 1. The number of aromatic amines is 1. The van der Waals surface area contributed by atoms with Crippen molar-refractivity contribution < 1.29 is 5.11 Å². The Morgan fingerprint density at radius 2 is 2.21 bits per heavy atom. The molecular weight excluding hydrogens is 244 g/mol. The maximum Gasteiger partial charge on any atom is 0.226 e. The fraction of sp³-hybridized carbons (Fsp3) is 0.583. The first-order valence-corrected chi connectivity index (χ1v) is 6.54. The van der Waals surface area contributed by atoms with E-state index in [9.17, 15) is 0 Å². The van der Waals surface area contributed by atoms with E-state index in [1.807, 2.05) is 6.92 Å². The predicted octanol–water partition coefficient (Wildman–Crippen LogP) is 1.22. The molecule has 4 N–H and O–H groups in total. The van der Waals surface area contributed by atoms with Crippen molar-refractivity contribution in [3.05, 3.63) is 6.33 Å². The second-order valence-electron chi connectivity index (χ2n) is 4.53. The predicted molar refractivity (Wildman–Crippen MR) is 75.2 cm³/mol. The van der Waals surface area contributed by atoms with Crippen molar-refractivity contribution in [2.24, 2.45) is 5.92 Å². The van der Waals surface area contributed by atoms with Crippen molar-refractivity contribution in [3.8, 4) is 0 Å². The molecule has 0 aliphatic carbocycles. The molecule has 2 rings (SSSR count). The summed E-state index contributed by atoms with van der Waals surface area (Å²) in [7, 11) is 0. The van der Waals surface area contributed by atoms with E-state index in [0.717, 1.165) is 30.8 Å². The highest BCUT2D eigenvalue weighted by atomic mass is 16.3. The van der Waals surface area contributed by atoms with Gasteiger partial charge in [0.25, 0.3) is 0 Å². The number of aromatic nitrogens is 4. The summed E-state index contributed by atoms with van der Waals surface area (Å²) in [4.78, 5) is 15.9. The van der Waals surface area contributed by atoms with E-state index in [-0.39, 0.29) is 6.61 Å². The number of aliphatic hydroxyl groups excluding tert-OH is 1. The van der Waals surface area contributed by atoms with Gasteiger partial charge in [0.2, 0.25) is 5.95 Å². The molecule has 0 bridgehead atoms. The highest BCUT2D eigenvalue weighted by Crippen LogP contribution is 2.19. The molecule has 0 fully saturated rings. The Hall–Kier alpha value is -1.89. The number of nitrogens with zero attached hydrogens (tertiary/aromatic N) is 3. The highest BCUT2D eigenvalue weighted by Gasteiger charge is 2.10. The Kier molecular flexibility index (Phi) is 4.51. The minimum absolute atomic E-state index is 0.203. The van der Waals surface area contributed by atoms with E-state index < -0.39 is 0 Å². The van der Waals surface area contributed by atoms with Crippen molar-refractivity contribution in [1.82, 2.24) is 19.9 Å². The molecule has 0 radical (unpaired) electrons. The van der Waals surface area contributed by atoms with Crippen LogP contribution in [0.25, 0.3) is 11.2 Å². The summed E-state index contributed by atoms with van der Waals surface area (Å²) < 4.78 is 0. The van der Waals surface area contributed by atoms with Crippen LogP contribution in [0.1, 0.15) is 20.3 Å². The van der Waals surface area contributed by atoms with Gasteiger partial charge in [-0.15, -0.1) is 0 Å². The number of aliphatic hydroxyl groups is 1. The maximum absolute atomic E-state index is 8.91. The topological polar surface area (TPSA) is 98.8 Å². The van der Waals surface area contributed by atoms with E-state index in [1.54, 1.807) is 6.33 Å².